The maximum absolute atomic E-state index is 13.3. The van der Waals surface area contributed by atoms with Crippen molar-refractivity contribution in [1.82, 2.24) is 14.9 Å². The van der Waals surface area contributed by atoms with Gasteiger partial charge in [0.15, 0.2) is 5.69 Å². The molecule has 1 aromatic carbocycles. The average molecular weight is 361 g/mol. The molecule has 0 amide bonds. The van der Waals surface area contributed by atoms with Gasteiger partial charge in [-0.3, -0.25) is 4.90 Å². The van der Waals surface area contributed by atoms with Crippen molar-refractivity contribution in [3.63, 3.8) is 0 Å². The molecule has 3 rings (SSSR count). The highest BCUT2D eigenvalue weighted by Crippen LogP contribution is 2.27. The predicted octanol–water partition coefficient (Wildman–Crippen LogP) is 2.00. The zero-order valence-electron chi connectivity index (χ0n) is 14.4. The fourth-order valence-electron chi connectivity index (χ4n) is 2.82. The molecule has 138 valence electrons. The lowest BCUT2D eigenvalue weighted by molar-refractivity contribution is 0.0316. The first-order valence-electron chi connectivity index (χ1n) is 8.34. The Labute approximate surface area is 150 Å². The van der Waals surface area contributed by atoms with Gasteiger partial charge in [-0.1, -0.05) is 6.07 Å². The standard InChI is InChI=1S/C18H20FN3O4/c1-12-10-13(19)2-3-14(12)15-11-20-18(21-16(15)17(23)24)26-9-6-22-4-7-25-8-5-22/h2-3,10-11H,4-9H2,1H3,(H,23,24). The van der Waals surface area contributed by atoms with Crippen LogP contribution in [0, 0.1) is 12.7 Å². The monoisotopic (exact) mass is 361 g/mol. The summed E-state index contributed by atoms with van der Waals surface area (Å²) in [5.41, 5.74) is 1.34. The fraction of sp³-hybridized carbons (Fsp3) is 0.389. The molecule has 7 nitrogen and oxygen atoms in total. The molecular weight excluding hydrogens is 341 g/mol. The predicted molar refractivity (Wildman–Crippen MR) is 91.9 cm³/mol. The average Bonchev–Trinajstić information content (AvgIpc) is 2.63. The molecule has 0 saturated carbocycles. The minimum absolute atomic E-state index is 0.0131. The van der Waals surface area contributed by atoms with E-state index in [2.05, 4.69) is 14.9 Å². The second-order valence-corrected chi connectivity index (χ2v) is 5.98. The third kappa shape index (κ3) is 4.33. The van der Waals surface area contributed by atoms with E-state index >= 15 is 0 Å². The Morgan fingerprint density at radius 1 is 1.35 bits per heavy atom. The van der Waals surface area contributed by atoms with Gasteiger partial charge >= 0.3 is 12.0 Å². The molecule has 0 spiro atoms. The van der Waals surface area contributed by atoms with Gasteiger partial charge in [-0.15, -0.1) is 0 Å². The molecule has 1 aromatic heterocycles. The van der Waals surface area contributed by atoms with E-state index in [0.717, 1.165) is 13.1 Å². The number of benzene rings is 1. The number of carboxylic acids is 1. The Bertz CT molecular complexity index is 794. The van der Waals surface area contributed by atoms with Crippen molar-refractivity contribution in [2.45, 2.75) is 6.92 Å². The zero-order chi connectivity index (χ0) is 18.5. The summed E-state index contributed by atoms with van der Waals surface area (Å²) in [7, 11) is 0. The van der Waals surface area contributed by atoms with Crippen LogP contribution in [0.1, 0.15) is 16.1 Å². The van der Waals surface area contributed by atoms with Gasteiger partial charge in [-0.2, -0.15) is 4.98 Å². The van der Waals surface area contributed by atoms with Crippen LogP contribution in [-0.4, -0.2) is 65.4 Å². The van der Waals surface area contributed by atoms with E-state index in [1.54, 1.807) is 6.92 Å². The molecule has 0 aliphatic carbocycles. The number of hydrogen-bond donors (Lipinski definition) is 1. The summed E-state index contributed by atoms with van der Waals surface area (Å²) in [4.78, 5) is 21.9. The highest BCUT2D eigenvalue weighted by Gasteiger charge is 2.18. The van der Waals surface area contributed by atoms with Crippen LogP contribution >= 0.6 is 0 Å². The summed E-state index contributed by atoms with van der Waals surface area (Å²) in [5, 5.41) is 9.48. The van der Waals surface area contributed by atoms with Gasteiger partial charge in [-0.05, 0) is 30.2 Å². The summed E-state index contributed by atoms with van der Waals surface area (Å²) in [6.45, 7) is 5.83. The quantitative estimate of drug-likeness (QED) is 0.842. The lowest BCUT2D eigenvalue weighted by Gasteiger charge is -2.26. The number of aromatic carboxylic acids is 1. The van der Waals surface area contributed by atoms with Crippen LogP contribution in [0.15, 0.2) is 24.4 Å². The van der Waals surface area contributed by atoms with Crippen LogP contribution in [0.25, 0.3) is 11.1 Å². The minimum atomic E-state index is -1.19. The van der Waals surface area contributed by atoms with Crippen LogP contribution in [0.5, 0.6) is 6.01 Å². The number of ether oxygens (including phenoxy) is 2. The second kappa shape index (κ2) is 8.20. The van der Waals surface area contributed by atoms with Crippen LogP contribution in [0.3, 0.4) is 0 Å². The van der Waals surface area contributed by atoms with Gasteiger partial charge in [-0.25, -0.2) is 14.2 Å². The van der Waals surface area contributed by atoms with Crippen LogP contribution in [-0.2, 0) is 4.74 Å². The molecule has 1 N–H and O–H groups in total. The maximum atomic E-state index is 13.3. The van der Waals surface area contributed by atoms with Gasteiger partial charge in [0.2, 0.25) is 0 Å². The first kappa shape index (κ1) is 18.2. The number of nitrogens with zero attached hydrogens (tertiary/aromatic N) is 3. The molecule has 1 aliphatic heterocycles. The van der Waals surface area contributed by atoms with Gasteiger partial charge in [0.25, 0.3) is 0 Å². The van der Waals surface area contributed by atoms with Gasteiger partial charge < -0.3 is 14.6 Å². The van der Waals surface area contributed by atoms with E-state index in [1.165, 1.54) is 24.4 Å². The Kier molecular flexibility index (Phi) is 5.75. The molecular formula is C18H20FN3O4. The number of hydrogen-bond acceptors (Lipinski definition) is 6. The molecule has 1 saturated heterocycles. The van der Waals surface area contributed by atoms with E-state index < -0.39 is 5.97 Å². The molecule has 1 fully saturated rings. The van der Waals surface area contributed by atoms with Crippen molar-refractivity contribution in [3.05, 3.63) is 41.5 Å². The van der Waals surface area contributed by atoms with E-state index in [4.69, 9.17) is 9.47 Å². The van der Waals surface area contributed by atoms with E-state index in [0.29, 0.717) is 43.1 Å². The smallest absolute Gasteiger partial charge is 0.355 e. The van der Waals surface area contributed by atoms with Crippen LogP contribution in [0.2, 0.25) is 0 Å². The third-order valence-electron chi connectivity index (χ3n) is 4.19. The van der Waals surface area contributed by atoms with Gasteiger partial charge in [0.1, 0.15) is 12.4 Å². The maximum Gasteiger partial charge on any atom is 0.355 e. The van der Waals surface area contributed by atoms with Crippen molar-refractivity contribution < 1.29 is 23.8 Å². The Morgan fingerprint density at radius 3 is 2.81 bits per heavy atom. The van der Waals surface area contributed by atoms with Crippen LogP contribution in [0.4, 0.5) is 4.39 Å². The van der Waals surface area contributed by atoms with E-state index in [-0.39, 0.29) is 17.5 Å². The molecule has 0 radical (unpaired) electrons. The minimum Gasteiger partial charge on any atom is -0.476 e. The highest BCUT2D eigenvalue weighted by atomic mass is 19.1. The van der Waals surface area contributed by atoms with Crippen molar-refractivity contribution in [2.75, 3.05) is 39.5 Å². The molecule has 0 atom stereocenters. The molecule has 0 bridgehead atoms. The van der Waals surface area contributed by atoms with Crippen molar-refractivity contribution in [3.8, 4) is 17.1 Å². The first-order valence-corrected chi connectivity index (χ1v) is 8.34. The van der Waals surface area contributed by atoms with E-state index in [1.807, 2.05) is 0 Å². The topological polar surface area (TPSA) is 84.8 Å². The summed E-state index contributed by atoms with van der Waals surface area (Å²) in [6, 6.07) is 4.16. The largest absolute Gasteiger partial charge is 0.476 e. The molecule has 8 heteroatoms. The number of aromatic nitrogens is 2. The molecule has 0 unspecified atom stereocenters. The fourth-order valence-corrected chi connectivity index (χ4v) is 2.82. The first-order chi connectivity index (χ1) is 12.5. The van der Waals surface area contributed by atoms with Crippen molar-refractivity contribution in [2.24, 2.45) is 0 Å². The number of halogens is 1. The van der Waals surface area contributed by atoms with Crippen molar-refractivity contribution >= 4 is 5.97 Å². The Balaban J connectivity index is 1.75. The lowest BCUT2D eigenvalue weighted by atomic mass is 10.0. The molecule has 1 aliphatic rings. The number of morpholine rings is 1. The normalized spacial score (nSPS) is 15.0. The van der Waals surface area contributed by atoms with Crippen molar-refractivity contribution in [1.29, 1.82) is 0 Å². The molecule has 2 heterocycles. The Morgan fingerprint density at radius 2 is 2.12 bits per heavy atom. The molecule has 26 heavy (non-hydrogen) atoms. The van der Waals surface area contributed by atoms with E-state index in [9.17, 15) is 14.3 Å². The number of aryl methyl sites for hydroxylation is 1. The number of carboxylic acid groups (broad SMARTS) is 1. The molecule has 2 aromatic rings. The zero-order valence-corrected chi connectivity index (χ0v) is 14.4. The Hall–Kier alpha value is -2.58. The lowest BCUT2D eigenvalue weighted by Crippen LogP contribution is -2.38. The summed E-state index contributed by atoms with van der Waals surface area (Å²) in [6.07, 6.45) is 1.40. The summed E-state index contributed by atoms with van der Waals surface area (Å²) >= 11 is 0. The summed E-state index contributed by atoms with van der Waals surface area (Å²) in [5.74, 6) is -1.57. The highest BCUT2D eigenvalue weighted by molar-refractivity contribution is 5.94. The van der Waals surface area contributed by atoms with Crippen LogP contribution < -0.4 is 4.74 Å². The number of rotatable bonds is 6. The second-order valence-electron chi connectivity index (χ2n) is 5.98. The SMILES string of the molecule is Cc1cc(F)ccc1-c1cnc(OCCN2CCOCC2)nc1C(=O)O. The van der Waals surface area contributed by atoms with Gasteiger partial charge in [0.05, 0.1) is 13.2 Å². The number of carbonyl (C=O) groups is 1. The van der Waals surface area contributed by atoms with Gasteiger partial charge in [0, 0.05) is 31.4 Å². The summed E-state index contributed by atoms with van der Waals surface area (Å²) < 4.78 is 24.1. The third-order valence-corrected chi connectivity index (χ3v) is 4.19.